The second-order valence-electron chi connectivity index (χ2n) is 5.43. The number of urea groups is 1. The summed E-state index contributed by atoms with van der Waals surface area (Å²) in [4.78, 5) is 18.9. The average molecular weight is 358 g/mol. The van der Waals surface area contributed by atoms with Crippen LogP contribution in [0.3, 0.4) is 0 Å². The van der Waals surface area contributed by atoms with E-state index in [1.165, 1.54) is 12.3 Å². The molecule has 1 atom stereocenters. The number of hydrogen-bond donors (Lipinski definition) is 3. The van der Waals surface area contributed by atoms with Crippen LogP contribution >= 0.6 is 11.8 Å². The number of anilines is 1. The van der Waals surface area contributed by atoms with Crippen LogP contribution in [0.2, 0.25) is 0 Å². The molecule has 6 nitrogen and oxygen atoms in total. The fourth-order valence-corrected chi connectivity index (χ4v) is 2.93. The number of alkyl halides is 3. The maximum absolute atomic E-state index is 12.8. The molecule has 24 heavy (non-hydrogen) atoms. The minimum atomic E-state index is -4.89. The molecule has 0 fully saturated rings. The van der Waals surface area contributed by atoms with Gasteiger partial charge in [-0.1, -0.05) is 5.46 Å². The van der Waals surface area contributed by atoms with E-state index < -0.39 is 23.7 Å². The third-order valence-electron chi connectivity index (χ3n) is 2.98. The minimum absolute atomic E-state index is 0.0676. The SMILES string of the molecule is [B]c1cnc(NC(=O)NC(C)C)cc1C1=NC(O)(C(F)(F)F)CS1. The number of pyridine rings is 1. The molecule has 1 unspecified atom stereocenters. The van der Waals surface area contributed by atoms with Crippen molar-refractivity contribution in [1.29, 1.82) is 0 Å². The number of halogens is 3. The Balaban J connectivity index is 2.27. The average Bonchev–Trinajstić information content (AvgIpc) is 2.83. The fraction of sp³-hybridized carbons (Fsp3) is 0.462. The Morgan fingerprint density at radius 1 is 1.50 bits per heavy atom. The molecule has 3 N–H and O–H groups in total. The van der Waals surface area contributed by atoms with E-state index in [0.717, 1.165) is 11.8 Å². The van der Waals surface area contributed by atoms with Crippen LogP contribution in [0.25, 0.3) is 0 Å². The Morgan fingerprint density at radius 3 is 2.71 bits per heavy atom. The number of thioether (sulfide) groups is 1. The Morgan fingerprint density at radius 2 is 2.17 bits per heavy atom. The zero-order valence-corrected chi connectivity index (χ0v) is 13.6. The first-order valence-corrected chi connectivity index (χ1v) is 7.85. The van der Waals surface area contributed by atoms with Gasteiger partial charge in [-0.25, -0.2) is 14.8 Å². The number of aliphatic hydroxyl groups is 1. The minimum Gasteiger partial charge on any atom is -0.361 e. The van der Waals surface area contributed by atoms with Crippen LogP contribution in [0.1, 0.15) is 19.4 Å². The quantitative estimate of drug-likeness (QED) is 0.708. The molecule has 0 spiro atoms. The molecule has 2 heterocycles. The van der Waals surface area contributed by atoms with Gasteiger partial charge in [-0.05, 0) is 19.9 Å². The zero-order valence-electron chi connectivity index (χ0n) is 12.8. The van der Waals surface area contributed by atoms with Gasteiger partial charge in [0.15, 0.2) is 0 Å². The van der Waals surface area contributed by atoms with Gasteiger partial charge < -0.3 is 10.4 Å². The number of aromatic nitrogens is 1. The Hall–Kier alpha value is -1.75. The summed E-state index contributed by atoms with van der Waals surface area (Å²) in [6.45, 7) is 3.53. The molecule has 1 aromatic heterocycles. The number of carbonyl (C=O) groups is 1. The third kappa shape index (κ3) is 4.01. The summed E-state index contributed by atoms with van der Waals surface area (Å²) >= 11 is 0.726. The van der Waals surface area contributed by atoms with Gasteiger partial charge in [-0.15, -0.1) is 11.8 Å². The number of nitrogens with one attached hydrogen (secondary N) is 2. The second-order valence-corrected chi connectivity index (χ2v) is 6.39. The molecular weight excluding hydrogens is 344 g/mol. The molecule has 0 aromatic carbocycles. The second kappa shape index (κ2) is 6.63. The number of nitrogens with zero attached hydrogens (tertiary/aromatic N) is 2. The van der Waals surface area contributed by atoms with Crippen molar-refractivity contribution in [3.8, 4) is 0 Å². The highest BCUT2D eigenvalue weighted by Gasteiger charge is 2.56. The molecule has 0 aliphatic carbocycles. The van der Waals surface area contributed by atoms with Crippen LogP contribution in [0.15, 0.2) is 17.3 Å². The van der Waals surface area contributed by atoms with Crippen molar-refractivity contribution < 1.29 is 23.1 Å². The predicted molar refractivity (Wildman–Crippen MR) is 86.9 cm³/mol. The first-order chi connectivity index (χ1) is 11.0. The first kappa shape index (κ1) is 18.6. The van der Waals surface area contributed by atoms with E-state index in [1.54, 1.807) is 13.8 Å². The monoisotopic (exact) mass is 358 g/mol. The lowest BCUT2D eigenvalue weighted by Gasteiger charge is -2.21. The molecule has 11 heteroatoms. The lowest BCUT2D eigenvalue weighted by Crippen LogP contribution is -2.43. The summed E-state index contributed by atoms with van der Waals surface area (Å²) in [5.74, 6) is -0.562. The largest absolute Gasteiger partial charge is 0.439 e. The first-order valence-electron chi connectivity index (χ1n) is 6.87. The van der Waals surface area contributed by atoms with Crippen molar-refractivity contribution in [2.45, 2.75) is 31.8 Å². The van der Waals surface area contributed by atoms with Crippen LogP contribution in [-0.2, 0) is 0 Å². The highest BCUT2D eigenvalue weighted by Crippen LogP contribution is 2.40. The van der Waals surface area contributed by atoms with Crippen molar-refractivity contribution in [3.63, 3.8) is 0 Å². The van der Waals surface area contributed by atoms with E-state index in [0.29, 0.717) is 0 Å². The van der Waals surface area contributed by atoms with Crippen LogP contribution in [-0.4, -0.2) is 52.7 Å². The molecule has 0 saturated heterocycles. The van der Waals surface area contributed by atoms with Crippen LogP contribution in [0, 0.1) is 0 Å². The summed E-state index contributed by atoms with van der Waals surface area (Å²) in [6.07, 6.45) is -3.68. The van der Waals surface area contributed by atoms with Gasteiger partial charge in [0.25, 0.3) is 5.72 Å². The molecule has 1 aliphatic heterocycles. The number of amides is 2. The maximum Gasteiger partial charge on any atom is 0.439 e. The van der Waals surface area contributed by atoms with E-state index >= 15 is 0 Å². The van der Waals surface area contributed by atoms with Gasteiger partial charge in [0, 0.05) is 17.8 Å². The van der Waals surface area contributed by atoms with Crippen molar-refractivity contribution >= 4 is 42.0 Å². The number of carbonyl (C=O) groups excluding carboxylic acids is 1. The van der Waals surface area contributed by atoms with Crippen LogP contribution in [0.4, 0.5) is 23.8 Å². The van der Waals surface area contributed by atoms with Gasteiger partial charge in [0.1, 0.15) is 18.7 Å². The van der Waals surface area contributed by atoms with E-state index in [4.69, 9.17) is 7.85 Å². The van der Waals surface area contributed by atoms with E-state index in [1.807, 2.05) is 0 Å². The zero-order chi connectivity index (χ0) is 18.1. The summed E-state index contributed by atoms with van der Waals surface area (Å²) in [7, 11) is 5.73. The molecule has 0 bridgehead atoms. The van der Waals surface area contributed by atoms with Crippen molar-refractivity contribution in [1.82, 2.24) is 10.3 Å². The van der Waals surface area contributed by atoms with Crippen molar-refractivity contribution in [2.24, 2.45) is 4.99 Å². The van der Waals surface area contributed by atoms with Gasteiger partial charge in [0.2, 0.25) is 0 Å². The topological polar surface area (TPSA) is 86.6 Å². The highest BCUT2D eigenvalue weighted by molar-refractivity contribution is 8.14. The lowest BCUT2D eigenvalue weighted by molar-refractivity contribution is -0.245. The smallest absolute Gasteiger partial charge is 0.361 e. The van der Waals surface area contributed by atoms with Crippen molar-refractivity contribution in [3.05, 3.63) is 17.8 Å². The predicted octanol–water partition coefficient (Wildman–Crippen LogP) is 1.15. The molecule has 2 radical (unpaired) electrons. The molecule has 1 aliphatic rings. The lowest BCUT2D eigenvalue weighted by atomic mass is 9.93. The molecule has 2 rings (SSSR count). The number of hydrogen-bond acceptors (Lipinski definition) is 5. The fourth-order valence-electron chi connectivity index (χ4n) is 1.82. The molecule has 1 aromatic rings. The summed E-state index contributed by atoms with van der Waals surface area (Å²) in [5, 5.41) is 14.6. The highest BCUT2D eigenvalue weighted by atomic mass is 32.2. The van der Waals surface area contributed by atoms with E-state index in [9.17, 15) is 23.1 Å². The Bertz CT molecular complexity index is 684. The Kier molecular flexibility index (Phi) is 5.14. The van der Waals surface area contributed by atoms with Crippen molar-refractivity contribution in [2.75, 3.05) is 11.1 Å². The van der Waals surface area contributed by atoms with Gasteiger partial charge in [0.05, 0.1) is 5.75 Å². The van der Waals surface area contributed by atoms with Crippen LogP contribution < -0.4 is 16.1 Å². The Labute approximate surface area is 141 Å². The molecule has 0 saturated carbocycles. The normalized spacial score (nSPS) is 20.9. The molecule has 128 valence electrons. The summed E-state index contributed by atoms with van der Waals surface area (Å²) in [5.41, 5.74) is -2.90. The third-order valence-corrected chi connectivity index (χ3v) is 4.11. The summed E-state index contributed by atoms with van der Waals surface area (Å²) < 4.78 is 38.5. The molecule has 2 amide bonds. The molecular formula is C13H14BF3N4O2S. The number of rotatable bonds is 3. The van der Waals surface area contributed by atoms with Gasteiger partial charge in [-0.3, -0.25) is 5.32 Å². The van der Waals surface area contributed by atoms with Gasteiger partial charge >= 0.3 is 12.2 Å². The van der Waals surface area contributed by atoms with E-state index in [-0.39, 0.29) is 27.9 Å². The van der Waals surface area contributed by atoms with Crippen LogP contribution in [0.5, 0.6) is 0 Å². The summed E-state index contributed by atoms with van der Waals surface area (Å²) in [6, 6.07) is 0.694. The van der Waals surface area contributed by atoms with Gasteiger partial charge in [-0.2, -0.15) is 13.2 Å². The number of aliphatic imine (C=N–C) groups is 1. The maximum atomic E-state index is 12.8. The van der Waals surface area contributed by atoms with E-state index in [2.05, 4.69) is 20.6 Å². The standard InChI is InChI=1S/C13H14BF3N4O2S/c1-6(2)19-11(22)20-9-3-7(8(14)4-18-9)10-21-12(23,5-24-10)13(15,16)17/h3-4,6,23H,5H2,1-2H3,(H2,18,19,20,22).